The number of carbonyl (C=O) groups is 2. The van der Waals surface area contributed by atoms with E-state index in [2.05, 4.69) is 5.16 Å². The van der Waals surface area contributed by atoms with Gasteiger partial charge in [-0.3, -0.25) is 0 Å². The Hall–Kier alpha value is -4.10. The number of nitrogens with zero attached hydrogens (tertiary/aromatic N) is 2. The fourth-order valence-electron chi connectivity index (χ4n) is 3.71. The number of amides is 1. The Kier molecular flexibility index (Phi) is 6.65. The molecule has 0 bridgehead atoms. The molecule has 1 aromatic heterocycles. The standard InChI is InChI=1S/C26H21ClN2O5/c1-3-33-26(32)29(22-14-7-6-13-21(22)27)24-16(2)34-28-23(24)18-10-8-9-17(15-18)19-11-4-5-12-20(19)25(30)31/h4-15H,3H2,1-2H3,(H,30,31). The van der Waals surface area contributed by atoms with E-state index in [1.54, 1.807) is 74.5 Å². The number of hydrogen-bond acceptors (Lipinski definition) is 5. The fraction of sp³-hybridized carbons (Fsp3) is 0.115. The summed E-state index contributed by atoms with van der Waals surface area (Å²) in [5.41, 5.74) is 3.25. The number of para-hydroxylation sites is 1. The zero-order valence-corrected chi connectivity index (χ0v) is 19.2. The number of benzene rings is 3. The maximum Gasteiger partial charge on any atom is 0.419 e. The highest BCUT2D eigenvalue weighted by Gasteiger charge is 2.30. The summed E-state index contributed by atoms with van der Waals surface area (Å²) in [6, 6.07) is 20.9. The molecule has 0 radical (unpaired) electrons. The summed E-state index contributed by atoms with van der Waals surface area (Å²) in [5.74, 6) is -0.634. The van der Waals surface area contributed by atoms with Crippen LogP contribution in [0.25, 0.3) is 22.4 Å². The van der Waals surface area contributed by atoms with Gasteiger partial charge in [-0.05, 0) is 49.2 Å². The summed E-state index contributed by atoms with van der Waals surface area (Å²) < 4.78 is 10.8. The predicted molar refractivity (Wildman–Crippen MR) is 130 cm³/mol. The van der Waals surface area contributed by atoms with Crippen molar-refractivity contribution >= 4 is 35.0 Å². The normalized spacial score (nSPS) is 10.7. The van der Waals surface area contributed by atoms with E-state index in [4.69, 9.17) is 20.9 Å². The smallest absolute Gasteiger partial charge is 0.419 e. The third-order valence-electron chi connectivity index (χ3n) is 5.20. The van der Waals surface area contributed by atoms with Gasteiger partial charge < -0.3 is 14.4 Å². The van der Waals surface area contributed by atoms with Crippen LogP contribution in [0.2, 0.25) is 5.02 Å². The van der Waals surface area contributed by atoms with Gasteiger partial charge in [0.2, 0.25) is 0 Å². The lowest BCUT2D eigenvalue weighted by atomic mass is 9.97. The molecule has 4 rings (SSSR count). The second-order valence-corrected chi connectivity index (χ2v) is 7.76. The van der Waals surface area contributed by atoms with Crippen LogP contribution in [0.4, 0.5) is 16.2 Å². The maximum atomic E-state index is 13.0. The average molecular weight is 477 g/mol. The summed E-state index contributed by atoms with van der Waals surface area (Å²) in [6.07, 6.45) is -0.629. The van der Waals surface area contributed by atoms with Gasteiger partial charge in [-0.15, -0.1) is 0 Å². The first-order valence-corrected chi connectivity index (χ1v) is 10.9. The van der Waals surface area contributed by atoms with Crippen LogP contribution >= 0.6 is 11.6 Å². The monoisotopic (exact) mass is 476 g/mol. The number of hydrogen-bond donors (Lipinski definition) is 1. The summed E-state index contributed by atoms with van der Waals surface area (Å²) in [6.45, 7) is 3.58. The Morgan fingerprint density at radius 1 is 1.03 bits per heavy atom. The molecule has 0 atom stereocenters. The highest BCUT2D eigenvalue weighted by molar-refractivity contribution is 6.34. The minimum absolute atomic E-state index is 0.168. The lowest BCUT2D eigenvalue weighted by Gasteiger charge is -2.23. The first kappa shape index (κ1) is 23.1. The molecule has 0 fully saturated rings. The largest absolute Gasteiger partial charge is 0.478 e. The van der Waals surface area contributed by atoms with Crippen molar-refractivity contribution in [3.05, 3.63) is 89.1 Å². The quantitative estimate of drug-likeness (QED) is 0.323. The molecule has 8 heteroatoms. The third-order valence-corrected chi connectivity index (χ3v) is 5.52. The second-order valence-electron chi connectivity index (χ2n) is 7.35. The first-order valence-electron chi connectivity index (χ1n) is 10.5. The van der Waals surface area contributed by atoms with Crippen molar-refractivity contribution in [2.75, 3.05) is 11.5 Å². The van der Waals surface area contributed by atoms with Gasteiger partial charge in [0.05, 0.1) is 22.9 Å². The highest BCUT2D eigenvalue weighted by Crippen LogP contribution is 2.41. The van der Waals surface area contributed by atoms with E-state index in [-0.39, 0.29) is 12.2 Å². The van der Waals surface area contributed by atoms with E-state index in [0.29, 0.717) is 44.5 Å². The number of aromatic nitrogens is 1. The Morgan fingerprint density at radius 2 is 1.74 bits per heavy atom. The lowest BCUT2D eigenvalue weighted by Crippen LogP contribution is -2.27. The van der Waals surface area contributed by atoms with Gasteiger partial charge in [-0.2, -0.15) is 0 Å². The average Bonchev–Trinajstić information content (AvgIpc) is 3.22. The zero-order valence-electron chi connectivity index (χ0n) is 18.5. The van der Waals surface area contributed by atoms with E-state index in [1.165, 1.54) is 4.90 Å². The zero-order chi connectivity index (χ0) is 24.2. The Balaban J connectivity index is 1.88. The molecule has 7 nitrogen and oxygen atoms in total. The third kappa shape index (κ3) is 4.38. The number of carboxylic acids is 1. The SMILES string of the molecule is CCOC(=O)N(c1ccccc1Cl)c1c(-c2cccc(-c3ccccc3C(=O)O)c2)noc1C. The molecule has 1 heterocycles. The topological polar surface area (TPSA) is 92.9 Å². The molecule has 1 amide bonds. The van der Waals surface area contributed by atoms with Crippen molar-refractivity contribution in [2.45, 2.75) is 13.8 Å². The highest BCUT2D eigenvalue weighted by atomic mass is 35.5. The van der Waals surface area contributed by atoms with E-state index in [9.17, 15) is 14.7 Å². The number of rotatable bonds is 6. The Morgan fingerprint density at radius 3 is 2.47 bits per heavy atom. The van der Waals surface area contributed by atoms with Gasteiger partial charge in [0.15, 0.2) is 5.76 Å². The number of anilines is 2. The first-order chi connectivity index (χ1) is 16.4. The van der Waals surface area contributed by atoms with E-state index >= 15 is 0 Å². The van der Waals surface area contributed by atoms with E-state index < -0.39 is 12.1 Å². The van der Waals surface area contributed by atoms with Crippen LogP contribution in [0.3, 0.4) is 0 Å². The molecule has 0 saturated heterocycles. The Labute approximate surface area is 201 Å². The number of ether oxygens (including phenoxy) is 1. The van der Waals surface area contributed by atoms with E-state index in [0.717, 1.165) is 0 Å². The summed E-state index contributed by atoms with van der Waals surface area (Å²) in [7, 11) is 0. The maximum absolute atomic E-state index is 13.0. The molecule has 0 aliphatic carbocycles. The summed E-state index contributed by atoms with van der Waals surface area (Å²) >= 11 is 6.43. The molecule has 1 N–H and O–H groups in total. The lowest BCUT2D eigenvalue weighted by molar-refractivity contribution is 0.0697. The second kappa shape index (κ2) is 9.80. The van der Waals surface area contributed by atoms with Crippen molar-refractivity contribution < 1.29 is 24.0 Å². The van der Waals surface area contributed by atoms with Crippen molar-refractivity contribution in [1.82, 2.24) is 5.16 Å². The molecule has 3 aromatic carbocycles. The van der Waals surface area contributed by atoms with Crippen molar-refractivity contribution in [1.29, 1.82) is 0 Å². The molecule has 0 saturated carbocycles. The van der Waals surface area contributed by atoms with Crippen LogP contribution in [0.5, 0.6) is 0 Å². The summed E-state index contributed by atoms with van der Waals surface area (Å²) in [4.78, 5) is 26.1. The van der Waals surface area contributed by atoms with Crippen molar-refractivity contribution in [3.8, 4) is 22.4 Å². The molecular formula is C26H21ClN2O5. The van der Waals surface area contributed by atoms with Crippen molar-refractivity contribution in [2.24, 2.45) is 0 Å². The van der Waals surface area contributed by atoms with Gasteiger partial charge in [0.25, 0.3) is 0 Å². The number of aryl methyl sites for hydroxylation is 1. The van der Waals surface area contributed by atoms with E-state index in [1.807, 2.05) is 12.1 Å². The van der Waals surface area contributed by atoms with Gasteiger partial charge in [-0.1, -0.05) is 65.3 Å². The molecule has 0 aliphatic rings. The number of carboxylic acid groups (broad SMARTS) is 1. The van der Waals surface area contributed by atoms with Gasteiger partial charge in [0, 0.05) is 5.56 Å². The molecule has 0 unspecified atom stereocenters. The number of aromatic carboxylic acids is 1. The molecule has 34 heavy (non-hydrogen) atoms. The van der Waals surface area contributed by atoms with Gasteiger partial charge in [0.1, 0.15) is 11.4 Å². The predicted octanol–water partition coefficient (Wildman–Crippen LogP) is 6.96. The molecular weight excluding hydrogens is 456 g/mol. The van der Waals surface area contributed by atoms with Crippen LogP contribution in [0, 0.1) is 6.92 Å². The minimum atomic E-state index is -1.02. The van der Waals surface area contributed by atoms with Crippen molar-refractivity contribution in [3.63, 3.8) is 0 Å². The molecule has 0 aliphatic heterocycles. The molecule has 4 aromatic rings. The van der Waals surface area contributed by atoms with Gasteiger partial charge >= 0.3 is 12.1 Å². The number of halogens is 1. The van der Waals surface area contributed by atoms with Gasteiger partial charge in [-0.25, -0.2) is 14.5 Å². The Bertz CT molecular complexity index is 1360. The number of carbonyl (C=O) groups excluding carboxylic acids is 1. The minimum Gasteiger partial charge on any atom is -0.478 e. The summed E-state index contributed by atoms with van der Waals surface area (Å²) in [5, 5.41) is 14.2. The van der Waals surface area contributed by atoms with Crippen LogP contribution in [-0.4, -0.2) is 28.9 Å². The molecule has 172 valence electrons. The van der Waals surface area contributed by atoms with Crippen LogP contribution in [0.1, 0.15) is 23.0 Å². The van der Waals surface area contributed by atoms with Crippen LogP contribution in [-0.2, 0) is 4.74 Å². The van der Waals surface area contributed by atoms with Crippen LogP contribution in [0.15, 0.2) is 77.3 Å². The van der Waals surface area contributed by atoms with Crippen LogP contribution < -0.4 is 4.90 Å². The molecule has 0 spiro atoms. The fourth-order valence-corrected chi connectivity index (χ4v) is 3.93.